The smallest absolute Gasteiger partial charge is 0.395 e. The maximum Gasteiger partial charge on any atom is 0.586 e. The monoisotopic (exact) mass is 514 g/mol. The van der Waals surface area contributed by atoms with Crippen molar-refractivity contribution >= 4 is 5.78 Å². The number of hydrogen-bond acceptors (Lipinski definition) is 7. The van der Waals surface area contributed by atoms with E-state index in [-0.39, 0.29) is 42.1 Å². The number of hydrogen-bond donors (Lipinski definition) is 0. The van der Waals surface area contributed by atoms with Crippen LogP contribution in [0.2, 0.25) is 0 Å². The fourth-order valence-electron chi connectivity index (χ4n) is 4.89. The minimum atomic E-state index is -3.68. The van der Waals surface area contributed by atoms with Gasteiger partial charge in [-0.05, 0) is 48.8 Å². The van der Waals surface area contributed by atoms with Crippen molar-refractivity contribution in [2.45, 2.75) is 84.5 Å². The average Bonchev–Trinajstić information content (AvgIpc) is 3.22. The zero-order valence-corrected chi connectivity index (χ0v) is 21.5. The third-order valence-electron chi connectivity index (χ3n) is 6.49. The summed E-state index contributed by atoms with van der Waals surface area (Å²) in [5.41, 5.74) is 1.26. The number of nitrogens with zero attached hydrogens (tertiary/aromatic N) is 4. The molecule has 198 valence electrons. The summed E-state index contributed by atoms with van der Waals surface area (Å²) in [7, 11) is 0. The lowest BCUT2D eigenvalue weighted by atomic mass is 9.90. The lowest BCUT2D eigenvalue weighted by molar-refractivity contribution is -0.286. The van der Waals surface area contributed by atoms with Gasteiger partial charge in [-0.2, -0.15) is 0 Å². The van der Waals surface area contributed by atoms with Crippen molar-refractivity contribution in [3.05, 3.63) is 41.4 Å². The van der Waals surface area contributed by atoms with Gasteiger partial charge in [0.1, 0.15) is 17.4 Å². The fourth-order valence-corrected chi connectivity index (χ4v) is 4.89. The third-order valence-corrected chi connectivity index (χ3v) is 6.49. The van der Waals surface area contributed by atoms with Gasteiger partial charge in [0, 0.05) is 37.3 Å². The summed E-state index contributed by atoms with van der Waals surface area (Å²) in [5.74, 6) is 2.83. The predicted molar refractivity (Wildman–Crippen MR) is 131 cm³/mol. The van der Waals surface area contributed by atoms with Crippen LogP contribution in [0.4, 0.5) is 8.78 Å². The van der Waals surface area contributed by atoms with Crippen LogP contribution in [0, 0.1) is 11.8 Å². The van der Waals surface area contributed by atoms with Crippen LogP contribution in [0.5, 0.6) is 11.5 Å². The van der Waals surface area contributed by atoms with Crippen LogP contribution in [0.1, 0.15) is 82.5 Å². The minimum absolute atomic E-state index is 0.0103. The summed E-state index contributed by atoms with van der Waals surface area (Å²) >= 11 is 0. The Kier molecular flexibility index (Phi) is 6.76. The summed E-state index contributed by atoms with van der Waals surface area (Å²) in [5, 5.41) is 13.3. The van der Waals surface area contributed by atoms with Crippen LogP contribution >= 0.6 is 0 Å². The Morgan fingerprint density at radius 2 is 1.84 bits per heavy atom. The molecule has 10 heteroatoms. The molecule has 1 aromatic carbocycles. The number of Topliss-reactive ketones (excluding diaryl/α,β-unsaturated/α-hetero) is 1. The fraction of sp³-hybridized carbons (Fsp3) is 0.556. The molecule has 3 heterocycles. The van der Waals surface area contributed by atoms with Crippen molar-refractivity contribution < 1.29 is 27.6 Å². The first kappa shape index (κ1) is 25.4. The van der Waals surface area contributed by atoms with Gasteiger partial charge in [0.2, 0.25) is 0 Å². The summed E-state index contributed by atoms with van der Waals surface area (Å²) in [6.07, 6.45) is 0.296. The maximum absolute atomic E-state index is 13.4. The highest BCUT2D eigenvalue weighted by Crippen LogP contribution is 2.43. The molecule has 1 aliphatic heterocycles. The zero-order chi connectivity index (χ0) is 26.3. The van der Waals surface area contributed by atoms with Crippen LogP contribution in [0.15, 0.2) is 28.8 Å². The molecule has 2 aromatic heterocycles. The van der Waals surface area contributed by atoms with E-state index >= 15 is 0 Å². The Balaban J connectivity index is 1.36. The number of carbonyl (C=O) groups excluding carboxylic acids is 1. The molecule has 5 rings (SSSR count). The second-order valence-corrected chi connectivity index (χ2v) is 11.0. The Hall–Kier alpha value is -3.30. The van der Waals surface area contributed by atoms with Gasteiger partial charge < -0.3 is 18.6 Å². The molecule has 2 aliphatic rings. The molecular weight excluding hydrogens is 482 g/mol. The molecule has 1 aliphatic carbocycles. The number of alkyl halides is 2. The Morgan fingerprint density at radius 3 is 2.54 bits per heavy atom. The molecule has 0 unspecified atom stereocenters. The average molecular weight is 515 g/mol. The van der Waals surface area contributed by atoms with Crippen LogP contribution in [-0.4, -0.2) is 32.0 Å². The number of halogens is 2. The molecule has 0 saturated heterocycles. The van der Waals surface area contributed by atoms with Gasteiger partial charge in [-0.25, -0.2) is 0 Å². The number of rotatable bonds is 11. The van der Waals surface area contributed by atoms with Gasteiger partial charge in [0.05, 0.1) is 0 Å². The van der Waals surface area contributed by atoms with Gasteiger partial charge in [-0.1, -0.05) is 38.9 Å². The molecule has 3 aromatic rings. The third kappa shape index (κ3) is 5.83. The van der Waals surface area contributed by atoms with Gasteiger partial charge in [0.15, 0.2) is 23.0 Å². The standard InChI is InChI=1S/C27H32F2N4O4/c1-15(2)9-18(13-20(34)11-17-5-8-23-24(12-17)36-27(28,29)35-23)25-30-31-26(33(25)19-6-7-19)22-14-21(37-32-22)10-16(3)4/h5,8,12,14-16,18-19H,6-7,9-11,13H2,1-4H3/t18-/m0/s1. The number of fused-ring (bicyclic) bond motifs is 1. The van der Waals surface area contributed by atoms with E-state index in [9.17, 15) is 13.6 Å². The first-order chi connectivity index (χ1) is 17.6. The molecule has 8 nitrogen and oxygen atoms in total. The van der Waals surface area contributed by atoms with Crippen molar-refractivity contribution in [1.82, 2.24) is 19.9 Å². The molecular formula is C27H32F2N4O4. The van der Waals surface area contributed by atoms with Crippen molar-refractivity contribution in [3.8, 4) is 23.0 Å². The molecule has 0 radical (unpaired) electrons. The summed E-state index contributed by atoms with van der Waals surface area (Å²) < 4.78 is 43.4. The highest BCUT2D eigenvalue weighted by molar-refractivity contribution is 5.81. The molecule has 1 fully saturated rings. The summed E-state index contributed by atoms with van der Waals surface area (Å²) in [6, 6.07) is 6.67. The first-order valence-electron chi connectivity index (χ1n) is 12.9. The van der Waals surface area contributed by atoms with Crippen molar-refractivity contribution in [2.75, 3.05) is 0 Å². The van der Waals surface area contributed by atoms with Crippen molar-refractivity contribution in [1.29, 1.82) is 0 Å². The van der Waals surface area contributed by atoms with Gasteiger partial charge in [0.25, 0.3) is 0 Å². The van der Waals surface area contributed by atoms with E-state index in [0.717, 1.165) is 37.3 Å². The van der Waals surface area contributed by atoms with Crippen LogP contribution in [0.25, 0.3) is 11.5 Å². The van der Waals surface area contributed by atoms with Crippen molar-refractivity contribution in [2.24, 2.45) is 11.8 Å². The maximum atomic E-state index is 13.4. The van der Waals surface area contributed by atoms with E-state index in [2.05, 4.69) is 57.1 Å². The van der Waals surface area contributed by atoms with Crippen LogP contribution in [0.3, 0.4) is 0 Å². The number of ketones is 1. The predicted octanol–water partition coefficient (Wildman–Crippen LogP) is 6.12. The van der Waals surface area contributed by atoms with Crippen LogP contribution < -0.4 is 9.47 Å². The number of aromatic nitrogens is 4. The van der Waals surface area contributed by atoms with E-state index in [1.54, 1.807) is 6.07 Å². The summed E-state index contributed by atoms with van der Waals surface area (Å²) in [6.45, 7) is 8.48. The number of ether oxygens (including phenoxy) is 2. The van der Waals surface area contributed by atoms with Gasteiger partial charge in [-0.15, -0.1) is 19.0 Å². The zero-order valence-electron chi connectivity index (χ0n) is 21.5. The molecule has 0 bridgehead atoms. The summed E-state index contributed by atoms with van der Waals surface area (Å²) in [4.78, 5) is 13.2. The van der Waals surface area contributed by atoms with Crippen molar-refractivity contribution in [3.63, 3.8) is 0 Å². The molecule has 0 spiro atoms. The van der Waals surface area contributed by atoms with E-state index in [4.69, 9.17) is 4.52 Å². The molecule has 0 N–H and O–H groups in total. The quantitative estimate of drug-likeness (QED) is 0.304. The SMILES string of the molecule is CC(C)Cc1cc(-c2nnc([C@H](CC(=O)Cc3ccc4c(c3)OC(F)(F)O4)CC(C)C)n2C2CC2)no1. The van der Waals surface area contributed by atoms with Gasteiger partial charge in [-0.3, -0.25) is 4.79 Å². The Bertz CT molecular complexity index is 1280. The second-order valence-electron chi connectivity index (χ2n) is 11.0. The molecule has 1 saturated carbocycles. The van der Waals surface area contributed by atoms with Crippen LogP contribution in [-0.2, 0) is 17.6 Å². The second kappa shape index (κ2) is 9.87. The normalized spacial score (nSPS) is 17.1. The highest BCUT2D eigenvalue weighted by Gasteiger charge is 2.43. The number of carbonyl (C=O) groups is 1. The lowest BCUT2D eigenvalue weighted by Gasteiger charge is -2.19. The molecule has 0 amide bonds. The largest absolute Gasteiger partial charge is 0.586 e. The Labute approximate surface area is 214 Å². The van der Waals surface area contributed by atoms with Gasteiger partial charge >= 0.3 is 6.29 Å². The minimum Gasteiger partial charge on any atom is -0.395 e. The van der Waals surface area contributed by atoms with E-state index in [1.165, 1.54) is 12.1 Å². The molecule has 1 atom stereocenters. The molecule has 37 heavy (non-hydrogen) atoms. The Morgan fingerprint density at radius 1 is 1.08 bits per heavy atom. The number of benzene rings is 1. The first-order valence-corrected chi connectivity index (χ1v) is 12.9. The lowest BCUT2D eigenvalue weighted by Crippen LogP contribution is -2.25. The van der Waals surface area contributed by atoms with E-state index in [1.807, 2.05) is 6.07 Å². The van der Waals surface area contributed by atoms with E-state index in [0.29, 0.717) is 28.9 Å². The van der Waals surface area contributed by atoms with E-state index < -0.39 is 6.29 Å². The topological polar surface area (TPSA) is 92.3 Å². The highest BCUT2D eigenvalue weighted by atomic mass is 19.3.